The number of rotatable bonds is 2. The van der Waals surface area contributed by atoms with Crippen molar-refractivity contribution in [2.75, 3.05) is 0 Å². The highest BCUT2D eigenvalue weighted by Crippen LogP contribution is 2.54. The van der Waals surface area contributed by atoms with E-state index in [1.54, 1.807) is 0 Å². The third kappa shape index (κ3) is 2.26. The first-order chi connectivity index (χ1) is 7.53. The average molecular weight is 256 g/mol. The highest BCUT2D eigenvalue weighted by Gasteiger charge is 2.65. The Morgan fingerprint density at radius 3 is 2.24 bits per heavy atom. The second-order valence-corrected chi connectivity index (χ2v) is 5.19. The molecule has 1 aliphatic rings. The zero-order valence-corrected chi connectivity index (χ0v) is 9.77. The molecule has 0 aliphatic heterocycles. The maximum atomic E-state index is 14.2. The molecule has 0 aromatic heterocycles. The highest BCUT2D eigenvalue weighted by molar-refractivity contribution is 5.74. The van der Waals surface area contributed by atoms with E-state index in [1.165, 1.54) is 0 Å². The molecule has 1 aliphatic carbocycles. The molecule has 1 N–H and O–H groups in total. The van der Waals surface area contributed by atoms with Crippen molar-refractivity contribution >= 4 is 5.97 Å². The summed E-state index contributed by atoms with van der Waals surface area (Å²) in [5, 5.41) is 8.96. The molecule has 0 radical (unpaired) electrons. The molecule has 2 unspecified atom stereocenters. The van der Waals surface area contributed by atoms with Gasteiger partial charge >= 0.3 is 12.1 Å². The second-order valence-electron chi connectivity index (χ2n) is 5.19. The first-order valence-corrected chi connectivity index (χ1v) is 5.52. The summed E-state index contributed by atoms with van der Waals surface area (Å²) >= 11 is 0. The lowest BCUT2D eigenvalue weighted by atomic mass is 9.63. The van der Waals surface area contributed by atoms with Gasteiger partial charge in [0.25, 0.3) is 0 Å². The van der Waals surface area contributed by atoms with Crippen LogP contribution in [-0.4, -0.2) is 22.9 Å². The summed E-state index contributed by atoms with van der Waals surface area (Å²) in [6.45, 7) is 2.32. The molecule has 0 heterocycles. The van der Waals surface area contributed by atoms with Crippen molar-refractivity contribution in [3.63, 3.8) is 0 Å². The smallest absolute Gasteiger partial charge is 0.422 e. The predicted molar refractivity (Wildman–Crippen MR) is 53.3 cm³/mol. The van der Waals surface area contributed by atoms with Gasteiger partial charge in [-0.05, 0) is 33.1 Å². The summed E-state index contributed by atoms with van der Waals surface area (Å²) in [5.41, 5.74) is -5.10. The van der Waals surface area contributed by atoms with Crippen molar-refractivity contribution in [3.8, 4) is 0 Å². The quantitative estimate of drug-likeness (QED) is 0.767. The minimum atomic E-state index is -5.01. The molecule has 1 saturated carbocycles. The van der Waals surface area contributed by atoms with Crippen molar-refractivity contribution in [3.05, 3.63) is 0 Å². The third-order valence-corrected chi connectivity index (χ3v) is 3.73. The maximum absolute atomic E-state index is 14.2. The van der Waals surface area contributed by atoms with E-state index in [2.05, 4.69) is 0 Å². The molecule has 0 saturated heterocycles. The lowest BCUT2D eigenvalue weighted by molar-refractivity contribution is -0.269. The molecule has 6 heteroatoms. The Morgan fingerprint density at radius 1 is 1.29 bits per heavy atom. The maximum Gasteiger partial charge on any atom is 0.422 e. The Hall–Kier alpha value is -0.810. The normalized spacial score (nSPS) is 31.3. The monoisotopic (exact) mass is 256 g/mol. The van der Waals surface area contributed by atoms with Gasteiger partial charge < -0.3 is 5.11 Å². The Bertz CT molecular complexity index is 311. The van der Waals surface area contributed by atoms with Gasteiger partial charge in [0.2, 0.25) is 5.67 Å². The number of carbonyl (C=O) groups is 1. The standard InChI is InChI=1S/C11H16F4O2/c1-9(2,8(16)17)7-5-3-4-6-10(7,12)11(13,14)15/h7H,3-6H2,1-2H3,(H,16,17). The molecule has 17 heavy (non-hydrogen) atoms. The topological polar surface area (TPSA) is 37.3 Å². The molecule has 0 aromatic rings. The fraction of sp³-hybridized carbons (Fsp3) is 0.909. The van der Waals surface area contributed by atoms with Gasteiger partial charge in [0.15, 0.2) is 0 Å². The van der Waals surface area contributed by atoms with Crippen LogP contribution in [0.2, 0.25) is 0 Å². The van der Waals surface area contributed by atoms with E-state index in [4.69, 9.17) is 5.11 Å². The van der Waals surface area contributed by atoms with Gasteiger partial charge in [-0.3, -0.25) is 4.79 Å². The van der Waals surface area contributed by atoms with E-state index < -0.39 is 35.6 Å². The molecule has 0 amide bonds. The van der Waals surface area contributed by atoms with Crippen LogP contribution >= 0.6 is 0 Å². The molecule has 2 atom stereocenters. The van der Waals surface area contributed by atoms with Crippen molar-refractivity contribution in [1.82, 2.24) is 0 Å². The van der Waals surface area contributed by atoms with E-state index in [0.717, 1.165) is 13.8 Å². The first-order valence-electron chi connectivity index (χ1n) is 5.52. The molecular formula is C11H16F4O2. The molecule has 0 aromatic carbocycles. The van der Waals surface area contributed by atoms with Crippen LogP contribution in [-0.2, 0) is 4.79 Å². The lowest BCUT2D eigenvalue weighted by Gasteiger charge is -2.44. The highest BCUT2D eigenvalue weighted by atomic mass is 19.4. The molecular weight excluding hydrogens is 240 g/mol. The van der Waals surface area contributed by atoms with Gasteiger partial charge in [-0.1, -0.05) is 6.42 Å². The van der Waals surface area contributed by atoms with Crippen molar-refractivity contribution in [2.45, 2.75) is 51.4 Å². The largest absolute Gasteiger partial charge is 0.481 e. The Balaban J connectivity index is 3.15. The zero-order chi connectivity index (χ0) is 13.5. The summed E-state index contributed by atoms with van der Waals surface area (Å²) in [4.78, 5) is 11.0. The lowest BCUT2D eigenvalue weighted by Crippen LogP contribution is -2.56. The molecule has 100 valence electrons. The number of hydrogen-bond acceptors (Lipinski definition) is 1. The molecule has 0 bridgehead atoms. The summed E-state index contributed by atoms with van der Waals surface area (Å²) in [5.74, 6) is -2.92. The van der Waals surface area contributed by atoms with E-state index in [1.807, 2.05) is 0 Å². The number of aliphatic carboxylic acids is 1. The zero-order valence-electron chi connectivity index (χ0n) is 9.77. The van der Waals surface area contributed by atoms with Crippen molar-refractivity contribution < 1.29 is 27.5 Å². The number of halogens is 4. The first kappa shape index (κ1) is 14.3. The van der Waals surface area contributed by atoms with Gasteiger partial charge in [-0.15, -0.1) is 0 Å². The van der Waals surface area contributed by atoms with E-state index in [-0.39, 0.29) is 12.8 Å². The van der Waals surface area contributed by atoms with Gasteiger partial charge in [0, 0.05) is 5.92 Å². The van der Waals surface area contributed by atoms with Crippen LogP contribution in [0, 0.1) is 11.3 Å². The Labute approximate surface area is 97.0 Å². The van der Waals surface area contributed by atoms with Crippen molar-refractivity contribution in [2.24, 2.45) is 11.3 Å². The summed E-state index contributed by atoms with van der Waals surface area (Å²) in [7, 11) is 0. The van der Waals surface area contributed by atoms with Gasteiger partial charge in [-0.2, -0.15) is 13.2 Å². The molecule has 1 rings (SSSR count). The van der Waals surface area contributed by atoms with Crippen LogP contribution in [0.3, 0.4) is 0 Å². The van der Waals surface area contributed by atoms with Gasteiger partial charge in [-0.25, -0.2) is 4.39 Å². The number of alkyl halides is 4. The van der Waals surface area contributed by atoms with Crippen LogP contribution < -0.4 is 0 Å². The van der Waals surface area contributed by atoms with Gasteiger partial charge in [0.05, 0.1) is 5.41 Å². The van der Waals surface area contributed by atoms with Crippen LogP contribution in [0.5, 0.6) is 0 Å². The third-order valence-electron chi connectivity index (χ3n) is 3.73. The number of hydrogen-bond donors (Lipinski definition) is 1. The Kier molecular flexibility index (Phi) is 3.47. The minimum absolute atomic E-state index is 0.0463. The fourth-order valence-electron chi connectivity index (χ4n) is 2.55. The van der Waals surface area contributed by atoms with E-state index >= 15 is 0 Å². The van der Waals surface area contributed by atoms with E-state index in [9.17, 15) is 22.4 Å². The van der Waals surface area contributed by atoms with Gasteiger partial charge in [0.1, 0.15) is 0 Å². The van der Waals surface area contributed by atoms with Crippen LogP contribution in [0.4, 0.5) is 17.6 Å². The fourth-order valence-corrected chi connectivity index (χ4v) is 2.55. The van der Waals surface area contributed by atoms with Crippen molar-refractivity contribution in [1.29, 1.82) is 0 Å². The summed E-state index contributed by atoms with van der Waals surface area (Å²) < 4.78 is 52.6. The van der Waals surface area contributed by atoms with Crippen LogP contribution in [0.15, 0.2) is 0 Å². The minimum Gasteiger partial charge on any atom is -0.481 e. The van der Waals surface area contributed by atoms with Crippen LogP contribution in [0.1, 0.15) is 39.5 Å². The Morgan fingerprint density at radius 2 is 1.82 bits per heavy atom. The predicted octanol–water partition coefficient (Wildman–Crippen LogP) is 3.56. The summed E-state index contributed by atoms with van der Waals surface area (Å²) in [6.07, 6.45) is -5.12. The number of carboxylic acid groups (broad SMARTS) is 1. The molecule has 0 spiro atoms. The molecule has 1 fully saturated rings. The SMILES string of the molecule is CC(C)(C(=O)O)C1CCCCC1(F)C(F)(F)F. The second kappa shape index (κ2) is 4.14. The summed E-state index contributed by atoms with van der Waals surface area (Å²) in [6, 6.07) is 0. The molecule has 2 nitrogen and oxygen atoms in total. The van der Waals surface area contributed by atoms with Crippen LogP contribution in [0.25, 0.3) is 0 Å². The number of carboxylic acids is 1. The average Bonchev–Trinajstić information content (AvgIpc) is 2.16. The van der Waals surface area contributed by atoms with E-state index in [0.29, 0.717) is 6.42 Å².